The first-order valence-electron chi connectivity index (χ1n) is 4.34. The highest BCUT2D eigenvalue weighted by molar-refractivity contribution is 5.67. The summed E-state index contributed by atoms with van der Waals surface area (Å²) in [7, 11) is 1.49. The number of carbonyl (C=O) groups excluding carboxylic acids is 1. The smallest absolute Gasteiger partial charge is 0.422 e. The molecule has 1 N–H and O–H groups in total. The topological polar surface area (TPSA) is 47.6 Å². The van der Waals surface area contributed by atoms with Crippen molar-refractivity contribution in [2.24, 2.45) is 0 Å². The van der Waals surface area contributed by atoms with Crippen molar-refractivity contribution in [1.29, 1.82) is 0 Å². The lowest BCUT2D eigenvalue weighted by Crippen LogP contribution is -2.35. The van der Waals surface area contributed by atoms with Gasteiger partial charge in [0.2, 0.25) is 0 Å². The van der Waals surface area contributed by atoms with Crippen molar-refractivity contribution < 1.29 is 27.4 Å². The second-order valence-electron chi connectivity index (χ2n) is 3.02. The molecule has 1 unspecified atom stereocenters. The first kappa shape index (κ1) is 14.0. The Labute approximate surface area is 85.7 Å². The van der Waals surface area contributed by atoms with Gasteiger partial charge in [-0.15, -0.1) is 0 Å². The second kappa shape index (κ2) is 6.49. The van der Waals surface area contributed by atoms with Crippen LogP contribution in [0.2, 0.25) is 0 Å². The molecule has 0 fully saturated rings. The van der Waals surface area contributed by atoms with Crippen LogP contribution in [-0.4, -0.2) is 38.6 Å². The molecule has 1 amide bonds. The number of nitrogens with one attached hydrogen (secondary N) is 1. The maximum absolute atomic E-state index is 11.6. The zero-order valence-electron chi connectivity index (χ0n) is 8.56. The van der Waals surface area contributed by atoms with Gasteiger partial charge in [-0.05, 0) is 13.3 Å². The highest BCUT2D eigenvalue weighted by atomic mass is 19.4. The molecular formula is C8H14F3NO3. The van der Waals surface area contributed by atoms with Gasteiger partial charge in [0.15, 0.2) is 6.61 Å². The van der Waals surface area contributed by atoms with E-state index < -0.39 is 18.9 Å². The largest absolute Gasteiger partial charge is 0.440 e. The number of amides is 1. The maximum atomic E-state index is 11.6. The summed E-state index contributed by atoms with van der Waals surface area (Å²) in [5.74, 6) is 0. The number of hydrogen-bond acceptors (Lipinski definition) is 3. The van der Waals surface area contributed by atoms with Crippen molar-refractivity contribution in [3.63, 3.8) is 0 Å². The summed E-state index contributed by atoms with van der Waals surface area (Å²) >= 11 is 0. The highest BCUT2D eigenvalue weighted by Gasteiger charge is 2.29. The zero-order valence-corrected chi connectivity index (χ0v) is 8.56. The predicted molar refractivity (Wildman–Crippen MR) is 46.5 cm³/mol. The summed E-state index contributed by atoms with van der Waals surface area (Å²) in [5.41, 5.74) is 0. The summed E-state index contributed by atoms with van der Waals surface area (Å²) in [6, 6.07) is -0.286. The molecule has 0 aromatic carbocycles. The van der Waals surface area contributed by atoms with Crippen molar-refractivity contribution in [2.75, 3.05) is 20.3 Å². The minimum absolute atomic E-state index is 0.286. The number of halogens is 3. The van der Waals surface area contributed by atoms with E-state index in [0.29, 0.717) is 13.0 Å². The van der Waals surface area contributed by atoms with Crippen LogP contribution in [0.1, 0.15) is 13.3 Å². The number of hydrogen-bond donors (Lipinski definition) is 1. The quantitative estimate of drug-likeness (QED) is 0.780. The fourth-order valence-corrected chi connectivity index (χ4v) is 0.757. The Morgan fingerprint density at radius 1 is 1.47 bits per heavy atom. The maximum Gasteiger partial charge on any atom is 0.422 e. The van der Waals surface area contributed by atoms with Gasteiger partial charge < -0.3 is 14.8 Å². The molecule has 0 heterocycles. The van der Waals surface area contributed by atoms with Crippen LogP contribution in [-0.2, 0) is 9.47 Å². The Balaban J connectivity index is 3.64. The third-order valence-corrected chi connectivity index (χ3v) is 1.49. The normalized spacial score (nSPS) is 13.4. The second-order valence-corrected chi connectivity index (χ2v) is 3.02. The number of alkyl halides is 3. The van der Waals surface area contributed by atoms with Crippen LogP contribution < -0.4 is 5.32 Å². The number of methoxy groups -OCH3 is 1. The van der Waals surface area contributed by atoms with Crippen LogP contribution in [0, 0.1) is 0 Å². The Kier molecular flexibility index (Phi) is 6.07. The molecular weight excluding hydrogens is 215 g/mol. The lowest BCUT2D eigenvalue weighted by atomic mass is 10.2. The molecule has 90 valence electrons. The minimum atomic E-state index is -4.49. The van der Waals surface area contributed by atoms with Crippen molar-refractivity contribution in [3.8, 4) is 0 Å². The van der Waals surface area contributed by atoms with E-state index in [0.717, 1.165) is 0 Å². The molecule has 0 aliphatic rings. The van der Waals surface area contributed by atoms with Gasteiger partial charge in [-0.25, -0.2) is 4.79 Å². The summed E-state index contributed by atoms with van der Waals surface area (Å²) in [6.45, 7) is 0.490. The van der Waals surface area contributed by atoms with E-state index in [4.69, 9.17) is 4.74 Å². The van der Waals surface area contributed by atoms with E-state index in [1.165, 1.54) is 7.11 Å². The molecule has 0 radical (unpaired) electrons. The van der Waals surface area contributed by atoms with Crippen LogP contribution in [0.4, 0.5) is 18.0 Å². The average molecular weight is 229 g/mol. The molecule has 4 nitrogen and oxygen atoms in total. The van der Waals surface area contributed by atoms with E-state index in [2.05, 4.69) is 10.1 Å². The SMILES string of the molecule is COCCC(C)NC(=O)OCC(F)(F)F. The van der Waals surface area contributed by atoms with Gasteiger partial charge in [0.1, 0.15) is 0 Å². The van der Waals surface area contributed by atoms with Crippen LogP contribution in [0.15, 0.2) is 0 Å². The fraction of sp³-hybridized carbons (Fsp3) is 0.875. The number of ether oxygens (including phenoxy) is 2. The Morgan fingerprint density at radius 3 is 2.53 bits per heavy atom. The fourth-order valence-electron chi connectivity index (χ4n) is 0.757. The Hall–Kier alpha value is -0.980. The molecule has 0 saturated carbocycles. The van der Waals surface area contributed by atoms with Gasteiger partial charge in [-0.2, -0.15) is 13.2 Å². The zero-order chi connectivity index (χ0) is 11.9. The molecule has 0 aliphatic heterocycles. The van der Waals surface area contributed by atoms with Gasteiger partial charge >= 0.3 is 12.3 Å². The van der Waals surface area contributed by atoms with Crippen LogP contribution >= 0.6 is 0 Å². The number of rotatable bonds is 5. The molecule has 0 aromatic rings. The number of alkyl carbamates (subject to hydrolysis) is 1. The first-order valence-corrected chi connectivity index (χ1v) is 4.34. The van der Waals surface area contributed by atoms with Crippen molar-refractivity contribution in [2.45, 2.75) is 25.6 Å². The monoisotopic (exact) mass is 229 g/mol. The third kappa shape index (κ3) is 9.33. The van der Waals surface area contributed by atoms with E-state index in [-0.39, 0.29) is 6.04 Å². The first-order chi connectivity index (χ1) is 6.85. The van der Waals surface area contributed by atoms with E-state index >= 15 is 0 Å². The van der Waals surface area contributed by atoms with E-state index in [1.54, 1.807) is 6.92 Å². The van der Waals surface area contributed by atoms with Crippen molar-refractivity contribution in [3.05, 3.63) is 0 Å². The third-order valence-electron chi connectivity index (χ3n) is 1.49. The Bertz CT molecular complexity index is 196. The van der Waals surface area contributed by atoms with Crippen LogP contribution in [0.25, 0.3) is 0 Å². The molecule has 0 rings (SSSR count). The summed E-state index contributed by atoms with van der Waals surface area (Å²) in [5, 5.41) is 2.25. The van der Waals surface area contributed by atoms with Crippen LogP contribution in [0.3, 0.4) is 0 Å². The van der Waals surface area contributed by atoms with Gasteiger partial charge in [-0.1, -0.05) is 0 Å². The summed E-state index contributed by atoms with van der Waals surface area (Å²) in [6.07, 6.45) is -5.05. The summed E-state index contributed by atoms with van der Waals surface area (Å²) in [4.78, 5) is 10.8. The van der Waals surface area contributed by atoms with Gasteiger partial charge in [0.05, 0.1) is 0 Å². The van der Waals surface area contributed by atoms with Gasteiger partial charge in [0.25, 0.3) is 0 Å². The molecule has 0 aliphatic carbocycles. The number of carbonyl (C=O) groups is 1. The van der Waals surface area contributed by atoms with Gasteiger partial charge in [0, 0.05) is 19.8 Å². The van der Waals surface area contributed by atoms with E-state index in [9.17, 15) is 18.0 Å². The lowest BCUT2D eigenvalue weighted by Gasteiger charge is -2.14. The van der Waals surface area contributed by atoms with Crippen LogP contribution in [0.5, 0.6) is 0 Å². The lowest BCUT2D eigenvalue weighted by molar-refractivity contribution is -0.160. The molecule has 0 bridgehead atoms. The Morgan fingerprint density at radius 2 is 2.07 bits per heavy atom. The highest BCUT2D eigenvalue weighted by Crippen LogP contribution is 2.14. The standard InChI is InChI=1S/C8H14F3NO3/c1-6(3-4-14-2)12-7(13)15-5-8(9,10)11/h6H,3-5H2,1-2H3,(H,12,13). The molecule has 0 saturated heterocycles. The predicted octanol–water partition coefficient (Wildman–Crippen LogP) is 1.70. The van der Waals surface area contributed by atoms with Crippen molar-refractivity contribution in [1.82, 2.24) is 5.32 Å². The molecule has 7 heteroatoms. The molecule has 1 atom stereocenters. The van der Waals surface area contributed by atoms with Gasteiger partial charge in [-0.3, -0.25) is 0 Å². The van der Waals surface area contributed by atoms with Crippen molar-refractivity contribution >= 4 is 6.09 Å². The average Bonchev–Trinajstić information content (AvgIpc) is 2.10. The minimum Gasteiger partial charge on any atom is -0.440 e. The summed E-state index contributed by atoms with van der Waals surface area (Å²) < 4.78 is 43.6. The molecule has 0 aromatic heterocycles. The van der Waals surface area contributed by atoms with E-state index in [1.807, 2.05) is 0 Å². The molecule has 0 spiro atoms. The molecule has 15 heavy (non-hydrogen) atoms.